The average molecular weight is 324 g/mol. The minimum Gasteiger partial charge on any atom is -0.396 e. The second kappa shape index (κ2) is 11.9. The number of phosphoric ester groups is 1. The van der Waals surface area contributed by atoms with E-state index < -0.39 is 15.6 Å². The van der Waals surface area contributed by atoms with Crippen molar-refractivity contribution in [2.45, 2.75) is 19.3 Å². The zero-order chi connectivity index (χ0) is 15.4. The highest BCUT2D eigenvalue weighted by Gasteiger charge is 2.31. The summed E-state index contributed by atoms with van der Waals surface area (Å²) in [5.41, 5.74) is 10.3. The Hall–Kier alpha value is 0.140. The van der Waals surface area contributed by atoms with E-state index in [1.807, 2.05) is 0 Å². The van der Waals surface area contributed by atoms with Gasteiger partial charge in [-0.1, -0.05) is 0 Å². The molecule has 12 heteroatoms. The molecule has 118 valence electrons. The molecule has 0 fully saturated rings. The maximum Gasteiger partial charge on any atom is 0.481 e. The number of unbranched alkanes of at least 4 members (excludes halogenated alkanes) is 1. The van der Waals surface area contributed by atoms with Crippen LogP contribution in [0.2, 0.25) is 0 Å². The lowest BCUT2D eigenvalue weighted by Crippen LogP contribution is -2.03. The van der Waals surface area contributed by atoms with Crippen molar-refractivity contribution < 1.29 is 37.8 Å². The summed E-state index contributed by atoms with van der Waals surface area (Å²) in [5.74, 6) is 0. The molecule has 0 saturated carbocycles. The van der Waals surface area contributed by atoms with E-state index in [1.54, 1.807) is 0 Å². The van der Waals surface area contributed by atoms with E-state index in [-0.39, 0.29) is 19.6 Å². The lowest BCUT2D eigenvalue weighted by atomic mass is 10.3. The van der Waals surface area contributed by atoms with Crippen LogP contribution in [0.1, 0.15) is 19.3 Å². The van der Waals surface area contributed by atoms with Crippen LogP contribution in [0.25, 0.3) is 0 Å². The maximum absolute atomic E-state index is 10.6. The first-order valence-electron chi connectivity index (χ1n) is 5.43. The van der Waals surface area contributed by atoms with Gasteiger partial charge < -0.3 is 31.3 Å². The Morgan fingerprint density at radius 3 is 1.74 bits per heavy atom. The Morgan fingerprint density at radius 2 is 1.42 bits per heavy atom. The van der Waals surface area contributed by atoms with Crippen molar-refractivity contribution in [3.8, 4) is 0 Å². The molecule has 0 aromatic heterocycles. The van der Waals surface area contributed by atoms with Gasteiger partial charge >= 0.3 is 15.6 Å². The Bertz CT molecular complexity index is 293. The number of hydrogen-bond donors (Lipinski definition) is 6. The van der Waals surface area contributed by atoms with E-state index in [2.05, 4.69) is 8.83 Å². The van der Waals surface area contributed by atoms with Crippen LogP contribution in [-0.4, -0.2) is 46.1 Å². The van der Waals surface area contributed by atoms with Crippen LogP contribution in [0, 0.1) is 0 Å². The molecule has 0 bridgehead atoms. The first-order valence-corrected chi connectivity index (χ1v) is 8.46. The van der Waals surface area contributed by atoms with Crippen molar-refractivity contribution in [3.63, 3.8) is 0 Å². The highest BCUT2D eigenvalue weighted by Crippen LogP contribution is 2.57. The number of phosphoric acid groups is 2. The monoisotopic (exact) mass is 324 g/mol. The Balaban J connectivity index is 0. The van der Waals surface area contributed by atoms with Crippen molar-refractivity contribution >= 4 is 15.6 Å². The molecule has 19 heavy (non-hydrogen) atoms. The molecule has 0 aromatic carbocycles. The minimum absolute atomic E-state index is 0.0646. The summed E-state index contributed by atoms with van der Waals surface area (Å²) >= 11 is 0. The van der Waals surface area contributed by atoms with E-state index in [0.717, 1.165) is 25.9 Å². The third-order valence-electron chi connectivity index (χ3n) is 1.42. The van der Waals surface area contributed by atoms with Gasteiger partial charge in [0, 0.05) is 6.61 Å². The summed E-state index contributed by atoms with van der Waals surface area (Å²) in [7, 11) is -9.75. The molecular formula is C7H22N2O8P2. The summed E-state index contributed by atoms with van der Waals surface area (Å²) < 4.78 is 28.3. The van der Waals surface area contributed by atoms with Gasteiger partial charge in [0.25, 0.3) is 0 Å². The Kier molecular flexibility index (Phi) is 13.5. The topological polar surface area (TPSA) is 186 Å². The zero-order valence-corrected chi connectivity index (χ0v) is 12.2. The van der Waals surface area contributed by atoms with Crippen LogP contribution in [0.3, 0.4) is 0 Å². The molecule has 0 aliphatic rings. The highest BCUT2D eigenvalue weighted by atomic mass is 31.3. The molecule has 0 aliphatic heterocycles. The van der Waals surface area contributed by atoms with E-state index in [9.17, 15) is 9.13 Å². The smallest absolute Gasteiger partial charge is 0.396 e. The molecule has 1 atom stereocenters. The molecule has 10 nitrogen and oxygen atoms in total. The molecule has 1 unspecified atom stereocenters. The summed E-state index contributed by atoms with van der Waals surface area (Å²) in [6.07, 6.45) is 2.20. The van der Waals surface area contributed by atoms with Gasteiger partial charge in [-0.15, -0.1) is 0 Å². The van der Waals surface area contributed by atoms with Gasteiger partial charge in [0.15, 0.2) is 0 Å². The lowest BCUT2D eigenvalue weighted by Gasteiger charge is -2.11. The van der Waals surface area contributed by atoms with Crippen molar-refractivity contribution in [3.05, 3.63) is 0 Å². The molecule has 8 N–H and O–H groups in total. The van der Waals surface area contributed by atoms with Gasteiger partial charge in [-0.25, -0.2) is 9.13 Å². The third-order valence-corrected chi connectivity index (χ3v) is 3.61. The van der Waals surface area contributed by atoms with Gasteiger partial charge in [0.1, 0.15) is 0 Å². The third kappa shape index (κ3) is 20.6. The van der Waals surface area contributed by atoms with Crippen LogP contribution < -0.4 is 11.5 Å². The second-order valence-corrected chi connectivity index (χ2v) is 6.07. The van der Waals surface area contributed by atoms with Crippen LogP contribution >= 0.6 is 15.6 Å². The molecule has 0 aromatic rings. The number of aliphatic hydroxyl groups is 1. The van der Waals surface area contributed by atoms with Crippen LogP contribution in [0.15, 0.2) is 0 Å². The highest BCUT2D eigenvalue weighted by molar-refractivity contribution is 7.60. The molecule has 0 saturated heterocycles. The van der Waals surface area contributed by atoms with Crippen LogP contribution in [0.5, 0.6) is 0 Å². The zero-order valence-electron chi connectivity index (χ0n) is 10.4. The average Bonchev–Trinajstić information content (AvgIpc) is 2.24. The fourth-order valence-corrected chi connectivity index (χ4v) is 2.31. The molecule has 0 spiro atoms. The molecule has 0 aliphatic carbocycles. The molecule has 0 amide bonds. The quantitative estimate of drug-likeness (QED) is 0.233. The Morgan fingerprint density at radius 1 is 0.947 bits per heavy atom. The predicted octanol–water partition coefficient (Wildman–Crippen LogP) is -0.721. The largest absolute Gasteiger partial charge is 0.481 e. The van der Waals surface area contributed by atoms with Gasteiger partial charge in [-0.2, -0.15) is 4.31 Å². The lowest BCUT2D eigenvalue weighted by molar-refractivity contribution is 0.164. The van der Waals surface area contributed by atoms with Gasteiger partial charge in [0.2, 0.25) is 0 Å². The van der Waals surface area contributed by atoms with Crippen molar-refractivity contribution in [2.75, 3.05) is 26.3 Å². The Labute approximate surface area is 111 Å². The predicted molar refractivity (Wildman–Crippen MR) is 68.0 cm³/mol. The van der Waals surface area contributed by atoms with E-state index in [4.69, 9.17) is 31.3 Å². The van der Waals surface area contributed by atoms with Crippen LogP contribution in [0.4, 0.5) is 0 Å². The van der Waals surface area contributed by atoms with Crippen molar-refractivity contribution in [2.24, 2.45) is 11.5 Å². The first kappa shape index (κ1) is 21.4. The second-order valence-electron chi connectivity index (χ2n) is 3.24. The summed E-state index contributed by atoms with van der Waals surface area (Å²) in [6.45, 7) is 0.953. The number of hydrogen-bond acceptors (Lipinski definition) is 7. The fourth-order valence-electron chi connectivity index (χ4n) is 0.691. The SMILES string of the molecule is NCCCCN.O=P(O)(O)OP(=O)(O)OCCCO. The number of rotatable bonds is 9. The van der Waals surface area contributed by atoms with Crippen LogP contribution in [-0.2, 0) is 18.0 Å². The normalized spacial score (nSPS) is 14.4. The summed E-state index contributed by atoms with van der Waals surface area (Å²) in [6, 6.07) is 0. The first-order chi connectivity index (χ1) is 8.68. The summed E-state index contributed by atoms with van der Waals surface area (Å²) in [4.78, 5) is 24.9. The molecular weight excluding hydrogens is 302 g/mol. The fraction of sp³-hybridized carbons (Fsp3) is 1.00. The molecule has 0 heterocycles. The molecule has 0 rings (SSSR count). The number of nitrogens with two attached hydrogens (primary N) is 2. The standard InChI is InChI=1S/C4H12N2.C3H10O8P2/c5-3-1-2-4-6;4-2-1-3-10-13(8,9)11-12(5,6)7/h1-6H2;4H,1-3H2,(H,8,9)(H2,5,6,7). The van der Waals surface area contributed by atoms with Gasteiger partial charge in [-0.3, -0.25) is 4.52 Å². The number of aliphatic hydroxyl groups excluding tert-OH is 1. The van der Waals surface area contributed by atoms with Gasteiger partial charge in [0.05, 0.1) is 6.61 Å². The maximum atomic E-state index is 10.6. The van der Waals surface area contributed by atoms with E-state index in [1.165, 1.54) is 0 Å². The van der Waals surface area contributed by atoms with E-state index in [0.29, 0.717) is 0 Å². The van der Waals surface area contributed by atoms with Crippen molar-refractivity contribution in [1.82, 2.24) is 0 Å². The molecule has 0 radical (unpaired) electrons. The van der Waals surface area contributed by atoms with E-state index >= 15 is 0 Å². The minimum atomic E-state index is -5.04. The summed E-state index contributed by atoms with van der Waals surface area (Å²) in [5, 5.41) is 8.25. The van der Waals surface area contributed by atoms with Gasteiger partial charge in [-0.05, 0) is 32.4 Å². The van der Waals surface area contributed by atoms with Crippen molar-refractivity contribution in [1.29, 1.82) is 0 Å².